The summed E-state index contributed by atoms with van der Waals surface area (Å²) in [5.74, 6) is -0.498. The van der Waals surface area contributed by atoms with Crippen molar-refractivity contribution >= 4 is 17.5 Å². The number of hydrogen-bond donors (Lipinski definition) is 0. The minimum atomic E-state index is -0.347. The zero-order valence-electron chi connectivity index (χ0n) is 8.71. The quantitative estimate of drug-likeness (QED) is 0.730. The molecule has 1 amide bonds. The highest BCUT2D eigenvalue weighted by Crippen LogP contribution is 2.07. The van der Waals surface area contributed by atoms with Crippen molar-refractivity contribution in [1.29, 1.82) is 0 Å². The van der Waals surface area contributed by atoms with Crippen molar-refractivity contribution < 1.29 is 9.18 Å². The van der Waals surface area contributed by atoms with Crippen LogP contribution >= 0.6 is 11.6 Å². The summed E-state index contributed by atoms with van der Waals surface area (Å²) in [4.78, 5) is 13.3. The smallest absolute Gasteiger partial charge is 0.253 e. The first-order valence-electron chi connectivity index (χ1n) is 4.66. The number of rotatable bonds is 3. The molecule has 1 rings (SSSR count). The van der Waals surface area contributed by atoms with Crippen molar-refractivity contribution in [2.24, 2.45) is 0 Å². The van der Waals surface area contributed by atoms with Gasteiger partial charge in [-0.1, -0.05) is 0 Å². The molecule has 82 valence electrons. The number of benzene rings is 1. The first kappa shape index (κ1) is 12.0. The van der Waals surface area contributed by atoms with Gasteiger partial charge in [0.2, 0.25) is 0 Å². The molecule has 15 heavy (non-hydrogen) atoms. The van der Waals surface area contributed by atoms with Crippen LogP contribution in [0.15, 0.2) is 24.3 Å². The molecule has 0 aliphatic rings. The molecule has 0 aliphatic carbocycles. The second-order valence-corrected chi connectivity index (χ2v) is 4.22. The van der Waals surface area contributed by atoms with Gasteiger partial charge >= 0.3 is 0 Å². The maximum Gasteiger partial charge on any atom is 0.253 e. The van der Waals surface area contributed by atoms with Crippen molar-refractivity contribution in [3.8, 4) is 0 Å². The van der Waals surface area contributed by atoms with E-state index in [1.165, 1.54) is 29.2 Å². The van der Waals surface area contributed by atoms with Gasteiger partial charge in [0.1, 0.15) is 5.82 Å². The molecule has 0 radical (unpaired) electrons. The standard InChI is InChI=1S/C11H13ClFNO/c1-8(12)7-14(2)11(15)9-3-5-10(13)6-4-9/h3-6,8H,7H2,1-2H3. The third-order valence-electron chi connectivity index (χ3n) is 1.96. The lowest BCUT2D eigenvalue weighted by atomic mass is 10.2. The molecule has 1 unspecified atom stereocenters. The van der Waals surface area contributed by atoms with Crippen LogP contribution in [0.2, 0.25) is 0 Å². The summed E-state index contributed by atoms with van der Waals surface area (Å²) in [5, 5.41) is -0.0978. The normalized spacial score (nSPS) is 12.3. The van der Waals surface area contributed by atoms with Gasteiger partial charge in [-0.25, -0.2) is 4.39 Å². The molecule has 0 fully saturated rings. The zero-order chi connectivity index (χ0) is 11.4. The molecular weight excluding hydrogens is 217 g/mol. The molecule has 4 heteroatoms. The van der Waals surface area contributed by atoms with Gasteiger partial charge in [0.15, 0.2) is 0 Å². The van der Waals surface area contributed by atoms with E-state index in [1.807, 2.05) is 6.92 Å². The molecule has 0 heterocycles. The van der Waals surface area contributed by atoms with Crippen LogP contribution in [-0.2, 0) is 0 Å². The molecule has 1 aromatic carbocycles. The lowest BCUT2D eigenvalue weighted by molar-refractivity contribution is 0.0796. The monoisotopic (exact) mass is 229 g/mol. The summed E-state index contributed by atoms with van der Waals surface area (Å²) in [6, 6.07) is 5.47. The molecule has 0 aliphatic heterocycles. The molecule has 0 spiro atoms. The maximum absolute atomic E-state index is 12.6. The number of carbonyl (C=O) groups is 1. The summed E-state index contributed by atoms with van der Waals surface area (Å²) < 4.78 is 12.6. The highest BCUT2D eigenvalue weighted by molar-refractivity contribution is 6.20. The van der Waals surface area contributed by atoms with E-state index in [0.717, 1.165) is 0 Å². The minimum absolute atomic E-state index is 0.0978. The van der Waals surface area contributed by atoms with Crippen LogP contribution in [0.5, 0.6) is 0 Å². The van der Waals surface area contributed by atoms with Crippen molar-refractivity contribution in [3.05, 3.63) is 35.6 Å². The second kappa shape index (κ2) is 5.12. The molecule has 0 saturated carbocycles. The van der Waals surface area contributed by atoms with E-state index in [9.17, 15) is 9.18 Å². The molecule has 0 saturated heterocycles. The van der Waals surface area contributed by atoms with Crippen LogP contribution < -0.4 is 0 Å². The lowest BCUT2D eigenvalue weighted by Gasteiger charge is -2.18. The second-order valence-electron chi connectivity index (χ2n) is 3.47. The van der Waals surface area contributed by atoms with Crippen molar-refractivity contribution in [2.75, 3.05) is 13.6 Å². The van der Waals surface area contributed by atoms with E-state index < -0.39 is 0 Å². The third-order valence-corrected chi connectivity index (χ3v) is 2.10. The van der Waals surface area contributed by atoms with Gasteiger partial charge in [-0.2, -0.15) is 0 Å². The van der Waals surface area contributed by atoms with Crippen LogP contribution in [0.25, 0.3) is 0 Å². The number of halogens is 2. The van der Waals surface area contributed by atoms with Gasteiger partial charge in [-0.15, -0.1) is 11.6 Å². The average molecular weight is 230 g/mol. The van der Waals surface area contributed by atoms with Crippen LogP contribution in [0.1, 0.15) is 17.3 Å². The molecule has 0 aromatic heterocycles. The predicted molar refractivity (Wildman–Crippen MR) is 58.7 cm³/mol. The maximum atomic E-state index is 12.6. The Morgan fingerprint density at radius 2 is 2.00 bits per heavy atom. The fraction of sp³-hybridized carbons (Fsp3) is 0.364. The summed E-state index contributed by atoms with van der Waals surface area (Å²) in [6.07, 6.45) is 0. The third kappa shape index (κ3) is 3.51. The average Bonchev–Trinajstić information content (AvgIpc) is 2.17. The first-order valence-corrected chi connectivity index (χ1v) is 5.09. The molecule has 2 nitrogen and oxygen atoms in total. The van der Waals surface area contributed by atoms with E-state index in [0.29, 0.717) is 12.1 Å². The van der Waals surface area contributed by atoms with E-state index in [4.69, 9.17) is 11.6 Å². The van der Waals surface area contributed by atoms with E-state index in [1.54, 1.807) is 7.05 Å². The Morgan fingerprint density at radius 3 is 2.47 bits per heavy atom. The van der Waals surface area contributed by atoms with Crippen molar-refractivity contribution in [3.63, 3.8) is 0 Å². The van der Waals surface area contributed by atoms with E-state index >= 15 is 0 Å². The topological polar surface area (TPSA) is 20.3 Å². The minimum Gasteiger partial charge on any atom is -0.340 e. The highest BCUT2D eigenvalue weighted by atomic mass is 35.5. The molecular formula is C11H13ClFNO. The molecule has 0 N–H and O–H groups in total. The predicted octanol–water partition coefficient (Wildman–Crippen LogP) is 2.53. The number of alkyl halides is 1. The Balaban J connectivity index is 2.72. The van der Waals surface area contributed by atoms with E-state index in [-0.39, 0.29) is 17.1 Å². The largest absolute Gasteiger partial charge is 0.340 e. The summed E-state index contributed by atoms with van der Waals surface area (Å²) >= 11 is 5.78. The van der Waals surface area contributed by atoms with Gasteiger partial charge in [-0.3, -0.25) is 4.79 Å². The first-order chi connectivity index (χ1) is 7.00. The van der Waals surface area contributed by atoms with E-state index in [2.05, 4.69) is 0 Å². The van der Waals surface area contributed by atoms with Crippen LogP contribution in [0, 0.1) is 5.82 Å². The van der Waals surface area contributed by atoms with Crippen molar-refractivity contribution in [2.45, 2.75) is 12.3 Å². The summed E-state index contributed by atoms with van der Waals surface area (Å²) in [6.45, 7) is 2.29. The number of carbonyl (C=O) groups excluding carboxylic acids is 1. The number of hydrogen-bond acceptors (Lipinski definition) is 1. The fourth-order valence-corrected chi connectivity index (χ4v) is 1.48. The highest BCUT2D eigenvalue weighted by Gasteiger charge is 2.12. The number of amides is 1. The van der Waals surface area contributed by atoms with Gasteiger partial charge in [0.25, 0.3) is 5.91 Å². The Morgan fingerprint density at radius 1 is 1.47 bits per heavy atom. The Labute approximate surface area is 93.6 Å². The van der Waals surface area contributed by atoms with Crippen LogP contribution in [0.4, 0.5) is 4.39 Å². The Bertz CT molecular complexity index is 337. The Hall–Kier alpha value is -1.09. The van der Waals surface area contributed by atoms with Crippen molar-refractivity contribution in [1.82, 2.24) is 4.90 Å². The lowest BCUT2D eigenvalue weighted by Crippen LogP contribution is -2.31. The number of nitrogens with zero attached hydrogens (tertiary/aromatic N) is 1. The van der Waals surface area contributed by atoms with Gasteiger partial charge < -0.3 is 4.90 Å². The summed E-state index contributed by atoms with van der Waals surface area (Å²) in [5.41, 5.74) is 0.469. The fourth-order valence-electron chi connectivity index (χ4n) is 1.27. The Kier molecular flexibility index (Phi) is 4.09. The van der Waals surface area contributed by atoms with Gasteiger partial charge in [-0.05, 0) is 31.2 Å². The molecule has 1 aromatic rings. The van der Waals surface area contributed by atoms with Crippen LogP contribution in [-0.4, -0.2) is 29.8 Å². The zero-order valence-corrected chi connectivity index (χ0v) is 9.46. The SMILES string of the molecule is CC(Cl)CN(C)C(=O)c1ccc(F)cc1. The molecule has 1 atom stereocenters. The summed E-state index contributed by atoms with van der Waals surface area (Å²) in [7, 11) is 1.67. The van der Waals surface area contributed by atoms with Gasteiger partial charge in [0, 0.05) is 24.5 Å². The van der Waals surface area contributed by atoms with Crippen LogP contribution in [0.3, 0.4) is 0 Å². The van der Waals surface area contributed by atoms with Gasteiger partial charge in [0.05, 0.1) is 0 Å². The molecule has 0 bridgehead atoms.